The van der Waals surface area contributed by atoms with Gasteiger partial charge in [0.25, 0.3) is 0 Å². The second-order valence-corrected chi connectivity index (χ2v) is 6.76. The highest BCUT2D eigenvalue weighted by Crippen LogP contribution is 2.23. The Morgan fingerprint density at radius 1 is 1.00 bits per heavy atom. The van der Waals surface area contributed by atoms with Crippen LogP contribution in [0.1, 0.15) is 56.0 Å². The number of aryl methyl sites for hydroxylation is 2. The van der Waals surface area contributed by atoms with E-state index in [-0.39, 0.29) is 6.04 Å². The minimum absolute atomic E-state index is 0.145. The Morgan fingerprint density at radius 2 is 1.71 bits per heavy atom. The molecule has 24 heavy (non-hydrogen) atoms. The van der Waals surface area contributed by atoms with Crippen molar-refractivity contribution in [1.29, 1.82) is 0 Å². The van der Waals surface area contributed by atoms with Crippen LogP contribution in [0, 0.1) is 13.8 Å². The molecule has 0 bridgehead atoms. The molecule has 1 saturated heterocycles. The van der Waals surface area contributed by atoms with E-state index in [1.165, 1.54) is 0 Å². The Labute approximate surface area is 143 Å². The predicted molar refractivity (Wildman–Crippen MR) is 92.1 cm³/mol. The van der Waals surface area contributed by atoms with Crippen molar-refractivity contribution >= 4 is 5.82 Å². The lowest BCUT2D eigenvalue weighted by molar-refractivity contribution is 0.164. The van der Waals surface area contributed by atoms with Crippen molar-refractivity contribution in [2.24, 2.45) is 0 Å². The minimum atomic E-state index is 0.145. The maximum absolute atomic E-state index is 5.31. The van der Waals surface area contributed by atoms with Crippen molar-refractivity contribution in [3.05, 3.63) is 29.3 Å². The summed E-state index contributed by atoms with van der Waals surface area (Å²) in [6, 6.07) is 2.22. The van der Waals surface area contributed by atoms with Crippen LogP contribution >= 0.6 is 0 Å². The van der Waals surface area contributed by atoms with Crippen LogP contribution in [0.4, 0.5) is 5.82 Å². The molecule has 7 heteroatoms. The summed E-state index contributed by atoms with van der Waals surface area (Å²) in [4.78, 5) is 18.3. The third-order valence-electron chi connectivity index (χ3n) is 4.46. The van der Waals surface area contributed by atoms with Crippen LogP contribution in [0.3, 0.4) is 0 Å². The van der Waals surface area contributed by atoms with Crippen molar-refractivity contribution in [2.45, 2.75) is 46.6 Å². The lowest BCUT2D eigenvalue weighted by atomic mass is 10.2. The van der Waals surface area contributed by atoms with Gasteiger partial charge < -0.3 is 9.42 Å². The molecular weight excluding hydrogens is 304 g/mol. The van der Waals surface area contributed by atoms with Gasteiger partial charge in [-0.3, -0.25) is 4.90 Å². The van der Waals surface area contributed by atoms with Crippen molar-refractivity contribution in [3.63, 3.8) is 0 Å². The molecule has 0 radical (unpaired) electrons. The smallest absolute Gasteiger partial charge is 0.243 e. The number of aromatic nitrogens is 4. The van der Waals surface area contributed by atoms with Gasteiger partial charge in [-0.15, -0.1) is 0 Å². The van der Waals surface area contributed by atoms with Crippen LogP contribution in [0.15, 0.2) is 10.6 Å². The van der Waals surface area contributed by atoms with Crippen molar-refractivity contribution in [3.8, 4) is 0 Å². The number of hydrogen-bond acceptors (Lipinski definition) is 7. The molecule has 0 spiro atoms. The summed E-state index contributed by atoms with van der Waals surface area (Å²) < 4.78 is 5.31. The monoisotopic (exact) mass is 330 g/mol. The summed E-state index contributed by atoms with van der Waals surface area (Å²) in [5.74, 6) is 3.68. The zero-order valence-electron chi connectivity index (χ0n) is 15.2. The average Bonchev–Trinajstić information content (AvgIpc) is 3.00. The van der Waals surface area contributed by atoms with Gasteiger partial charge >= 0.3 is 0 Å². The summed E-state index contributed by atoms with van der Waals surface area (Å²) in [5.41, 5.74) is 1.03. The average molecular weight is 330 g/mol. The molecule has 0 unspecified atom stereocenters. The van der Waals surface area contributed by atoms with Crippen LogP contribution in [0.25, 0.3) is 0 Å². The van der Waals surface area contributed by atoms with E-state index in [2.05, 4.69) is 51.8 Å². The van der Waals surface area contributed by atoms with Crippen molar-refractivity contribution in [1.82, 2.24) is 25.0 Å². The second-order valence-electron chi connectivity index (χ2n) is 6.76. The first kappa shape index (κ1) is 16.8. The largest absolute Gasteiger partial charge is 0.354 e. The molecule has 0 N–H and O–H groups in total. The summed E-state index contributed by atoms with van der Waals surface area (Å²) in [6.07, 6.45) is 0. The van der Waals surface area contributed by atoms with E-state index in [0.717, 1.165) is 43.5 Å². The molecule has 0 saturated carbocycles. The number of nitrogens with zero attached hydrogens (tertiary/aromatic N) is 6. The highest BCUT2D eigenvalue weighted by Gasteiger charge is 2.26. The third-order valence-corrected chi connectivity index (χ3v) is 4.46. The van der Waals surface area contributed by atoms with E-state index in [9.17, 15) is 0 Å². The van der Waals surface area contributed by atoms with E-state index >= 15 is 0 Å². The Bertz CT molecular complexity index is 690. The summed E-state index contributed by atoms with van der Waals surface area (Å²) >= 11 is 0. The molecule has 2 aromatic rings. The normalized spacial score (nSPS) is 17.5. The Balaban J connectivity index is 1.67. The van der Waals surface area contributed by atoms with Gasteiger partial charge in [0.05, 0.1) is 6.04 Å². The molecule has 3 heterocycles. The highest BCUT2D eigenvalue weighted by molar-refractivity contribution is 5.40. The summed E-state index contributed by atoms with van der Waals surface area (Å²) in [6.45, 7) is 14.0. The van der Waals surface area contributed by atoms with Gasteiger partial charge in [-0.2, -0.15) is 4.98 Å². The fraction of sp³-hybridized carbons (Fsp3) is 0.647. The third kappa shape index (κ3) is 3.56. The zero-order chi connectivity index (χ0) is 17.3. The van der Waals surface area contributed by atoms with Crippen LogP contribution in [-0.4, -0.2) is 51.2 Å². The number of hydrogen-bond donors (Lipinski definition) is 0. The maximum atomic E-state index is 5.31. The van der Waals surface area contributed by atoms with Crippen LogP contribution in [-0.2, 0) is 0 Å². The molecule has 3 rings (SSSR count). The molecule has 0 aromatic carbocycles. The van der Waals surface area contributed by atoms with Gasteiger partial charge in [0.1, 0.15) is 11.6 Å². The maximum Gasteiger partial charge on any atom is 0.243 e. The van der Waals surface area contributed by atoms with E-state index < -0.39 is 0 Å². The van der Waals surface area contributed by atoms with E-state index in [4.69, 9.17) is 9.51 Å². The second kappa shape index (κ2) is 6.84. The van der Waals surface area contributed by atoms with E-state index in [1.54, 1.807) is 0 Å². The summed E-state index contributed by atoms with van der Waals surface area (Å²) in [5, 5.41) is 3.89. The van der Waals surface area contributed by atoms with Gasteiger partial charge in [-0.25, -0.2) is 9.97 Å². The zero-order valence-corrected chi connectivity index (χ0v) is 15.2. The predicted octanol–water partition coefficient (Wildman–Crippen LogP) is 2.48. The van der Waals surface area contributed by atoms with Gasteiger partial charge in [-0.1, -0.05) is 19.0 Å². The fourth-order valence-corrected chi connectivity index (χ4v) is 2.97. The van der Waals surface area contributed by atoms with Gasteiger partial charge in [0.2, 0.25) is 5.89 Å². The van der Waals surface area contributed by atoms with Gasteiger partial charge in [-0.05, 0) is 20.8 Å². The van der Waals surface area contributed by atoms with E-state index in [0.29, 0.717) is 17.6 Å². The van der Waals surface area contributed by atoms with Crippen molar-refractivity contribution < 1.29 is 4.52 Å². The Hall–Kier alpha value is -2.02. The molecule has 130 valence electrons. The topological polar surface area (TPSA) is 71.2 Å². The lowest BCUT2D eigenvalue weighted by Gasteiger charge is -2.37. The molecule has 1 aliphatic rings. The van der Waals surface area contributed by atoms with Gasteiger partial charge in [0.15, 0.2) is 5.82 Å². The molecule has 1 aliphatic heterocycles. The molecule has 1 fully saturated rings. The fourth-order valence-electron chi connectivity index (χ4n) is 2.97. The number of anilines is 1. The van der Waals surface area contributed by atoms with Crippen LogP contribution in [0.2, 0.25) is 0 Å². The lowest BCUT2D eigenvalue weighted by Crippen LogP contribution is -2.47. The first-order valence-electron chi connectivity index (χ1n) is 8.59. The first-order valence-corrected chi connectivity index (χ1v) is 8.59. The summed E-state index contributed by atoms with van der Waals surface area (Å²) in [7, 11) is 0. The first-order chi connectivity index (χ1) is 11.4. The quantitative estimate of drug-likeness (QED) is 0.853. The SMILES string of the molecule is Cc1cc(N2CCN([C@@H](C)c3nc(C)no3)CC2)nc(C(C)C)n1. The standard InChI is InChI=1S/C17H26N6O/c1-11(2)16-18-12(3)10-15(20-16)23-8-6-22(7-9-23)13(4)17-19-14(5)21-24-17/h10-11,13H,6-9H2,1-5H3/t13-/m0/s1. The molecule has 0 aliphatic carbocycles. The molecule has 7 nitrogen and oxygen atoms in total. The molecule has 1 atom stereocenters. The molecule has 2 aromatic heterocycles. The number of piperazine rings is 1. The highest BCUT2D eigenvalue weighted by atomic mass is 16.5. The Kier molecular flexibility index (Phi) is 4.80. The molecular formula is C17H26N6O. The minimum Gasteiger partial charge on any atom is -0.354 e. The van der Waals surface area contributed by atoms with Crippen LogP contribution < -0.4 is 4.90 Å². The van der Waals surface area contributed by atoms with Gasteiger partial charge in [0, 0.05) is 43.9 Å². The Morgan fingerprint density at radius 3 is 2.29 bits per heavy atom. The molecule has 0 amide bonds. The number of rotatable bonds is 4. The van der Waals surface area contributed by atoms with Crippen molar-refractivity contribution in [2.75, 3.05) is 31.1 Å². The van der Waals surface area contributed by atoms with Crippen LogP contribution in [0.5, 0.6) is 0 Å². The van der Waals surface area contributed by atoms with E-state index in [1.807, 2.05) is 13.8 Å².